The molecule has 0 radical (unpaired) electrons. The van der Waals surface area contributed by atoms with Gasteiger partial charge in [-0.25, -0.2) is 0 Å². The van der Waals surface area contributed by atoms with E-state index in [1.54, 1.807) is 18.2 Å². The van der Waals surface area contributed by atoms with E-state index in [9.17, 15) is 5.11 Å². The molecule has 2 aliphatic heterocycles. The van der Waals surface area contributed by atoms with Gasteiger partial charge in [-0.15, -0.1) is 0 Å². The predicted molar refractivity (Wildman–Crippen MR) is 81.0 cm³/mol. The summed E-state index contributed by atoms with van der Waals surface area (Å²) in [7, 11) is 0. The van der Waals surface area contributed by atoms with Crippen LogP contribution in [0.3, 0.4) is 0 Å². The van der Waals surface area contributed by atoms with Crippen molar-refractivity contribution >= 4 is 0 Å². The van der Waals surface area contributed by atoms with Crippen molar-refractivity contribution in [3.8, 4) is 11.5 Å². The van der Waals surface area contributed by atoms with Crippen LogP contribution in [0.25, 0.3) is 10.4 Å². The first kappa shape index (κ1) is 15.0. The molecule has 1 aromatic rings. The van der Waals surface area contributed by atoms with Crippen LogP contribution in [0.1, 0.15) is 24.5 Å². The molecule has 0 aromatic heterocycles. The van der Waals surface area contributed by atoms with Crippen LogP contribution >= 0.6 is 0 Å². The molecule has 7 heteroatoms. The van der Waals surface area contributed by atoms with E-state index in [-0.39, 0.29) is 0 Å². The first-order chi connectivity index (χ1) is 10.8. The average molecular weight is 304 g/mol. The van der Waals surface area contributed by atoms with E-state index in [0.29, 0.717) is 36.8 Å². The number of azide groups is 1. The Bertz CT molecular complexity index is 568. The first-order valence-electron chi connectivity index (χ1n) is 7.62. The highest BCUT2D eigenvalue weighted by Gasteiger charge is 2.25. The Morgan fingerprint density at radius 2 is 1.95 bits per heavy atom. The van der Waals surface area contributed by atoms with Gasteiger partial charge >= 0.3 is 0 Å². The fourth-order valence-corrected chi connectivity index (χ4v) is 2.96. The van der Waals surface area contributed by atoms with E-state index in [0.717, 1.165) is 25.9 Å². The molecular formula is C15H20N4O3. The van der Waals surface area contributed by atoms with Crippen molar-refractivity contribution in [3.05, 3.63) is 34.2 Å². The van der Waals surface area contributed by atoms with Gasteiger partial charge in [-0.1, -0.05) is 11.2 Å². The number of ether oxygens (including phenoxy) is 2. The summed E-state index contributed by atoms with van der Waals surface area (Å²) in [5.74, 6) is 1.31. The van der Waals surface area contributed by atoms with Crippen LogP contribution in [0.15, 0.2) is 23.3 Å². The lowest BCUT2D eigenvalue weighted by molar-refractivity contribution is 0.124. The Hall–Kier alpha value is -1.95. The molecule has 1 saturated heterocycles. The van der Waals surface area contributed by atoms with Gasteiger partial charge < -0.3 is 19.5 Å². The molecule has 2 aliphatic rings. The summed E-state index contributed by atoms with van der Waals surface area (Å²) in [6.07, 6.45) is 1.46. The van der Waals surface area contributed by atoms with Gasteiger partial charge in [0.25, 0.3) is 0 Å². The van der Waals surface area contributed by atoms with Crippen molar-refractivity contribution in [1.29, 1.82) is 0 Å². The van der Waals surface area contributed by atoms with Crippen LogP contribution in [0, 0.1) is 0 Å². The zero-order chi connectivity index (χ0) is 15.4. The van der Waals surface area contributed by atoms with E-state index in [1.807, 2.05) is 0 Å². The summed E-state index contributed by atoms with van der Waals surface area (Å²) >= 11 is 0. The summed E-state index contributed by atoms with van der Waals surface area (Å²) < 4.78 is 11.0. The van der Waals surface area contributed by atoms with Gasteiger partial charge in [0.15, 0.2) is 11.5 Å². The highest BCUT2D eigenvalue weighted by atomic mass is 16.6. The van der Waals surface area contributed by atoms with Crippen LogP contribution in [-0.2, 0) is 0 Å². The molecular weight excluding hydrogens is 284 g/mol. The summed E-state index contributed by atoms with van der Waals surface area (Å²) in [5, 5.41) is 14.4. The second-order valence-electron chi connectivity index (χ2n) is 5.63. The predicted octanol–water partition coefficient (Wildman–Crippen LogP) is 2.27. The molecule has 0 spiro atoms. The van der Waals surface area contributed by atoms with Crippen molar-refractivity contribution in [2.75, 3.05) is 32.8 Å². The van der Waals surface area contributed by atoms with Crippen molar-refractivity contribution in [2.24, 2.45) is 5.11 Å². The molecule has 118 valence electrons. The van der Waals surface area contributed by atoms with Gasteiger partial charge in [-0.05, 0) is 49.2 Å². The second-order valence-corrected chi connectivity index (χ2v) is 5.63. The maximum Gasteiger partial charge on any atom is 0.161 e. The Labute approximate surface area is 129 Å². The SMILES string of the molecule is [N-]=[N+]=N[C@H](CN1CCCC1)[C@H](O)c1ccc2c(c1)OCCO2. The number of hydrogen-bond acceptors (Lipinski definition) is 5. The molecule has 1 fully saturated rings. The van der Waals surface area contributed by atoms with Crippen LogP contribution in [-0.4, -0.2) is 48.9 Å². The Morgan fingerprint density at radius 1 is 1.23 bits per heavy atom. The van der Waals surface area contributed by atoms with Gasteiger partial charge in [0.1, 0.15) is 13.2 Å². The molecule has 1 aromatic carbocycles. The lowest BCUT2D eigenvalue weighted by Crippen LogP contribution is -2.32. The Kier molecular flexibility index (Phi) is 4.68. The van der Waals surface area contributed by atoms with Crippen molar-refractivity contribution in [3.63, 3.8) is 0 Å². The van der Waals surface area contributed by atoms with Crippen molar-refractivity contribution in [2.45, 2.75) is 25.0 Å². The van der Waals surface area contributed by atoms with Gasteiger partial charge in [0, 0.05) is 11.5 Å². The van der Waals surface area contributed by atoms with E-state index in [4.69, 9.17) is 15.0 Å². The number of nitrogens with zero attached hydrogens (tertiary/aromatic N) is 4. The summed E-state index contributed by atoms with van der Waals surface area (Å²) in [4.78, 5) is 5.12. The lowest BCUT2D eigenvalue weighted by atomic mass is 10.0. The maximum absolute atomic E-state index is 10.6. The number of aliphatic hydroxyl groups excluding tert-OH is 1. The number of likely N-dealkylation sites (tertiary alicyclic amines) is 1. The fourth-order valence-electron chi connectivity index (χ4n) is 2.96. The van der Waals surface area contributed by atoms with Crippen LogP contribution in [0.4, 0.5) is 0 Å². The third-order valence-electron chi connectivity index (χ3n) is 4.12. The van der Waals surface area contributed by atoms with Crippen LogP contribution in [0.5, 0.6) is 11.5 Å². The number of rotatable bonds is 5. The topological polar surface area (TPSA) is 90.7 Å². The standard InChI is InChI=1S/C15H20N4O3/c16-18-17-12(10-19-5-1-2-6-19)15(20)11-3-4-13-14(9-11)22-8-7-21-13/h3-4,9,12,15,20H,1-2,5-8,10H2/t12-,15-/m1/s1. The van der Waals surface area contributed by atoms with E-state index >= 15 is 0 Å². The highest BCUT2D eigenvalue weighted by Crippen LogP contribution is 2.34. The van der Waals surface area contributed by atoms with E-state index < -0.39 is 12.1 Å². The number of aliphatic hydroxyl groups is 1. The quantitative estimate of drug-likeness (QED) is 0.513. The van der Waals surface area contributed by atoms with Crippen molar-refractivity contribution < 1.29 is 14.6 Å². The minimum atomic E-state index is -0.854. The number of hydrogen-bond donors (Lipinski definition) is 1. The van der Waals surface area contributed by atoms with Gasteiger partial charge in [-0.2, -0.15) is 0 Å². The molecule has 7 nitrogen and oxygen atoms in total. The third-order valence-corrected chi connectivity index (χ3v) is 4.12. The van der Waals surface area contributed by atoms with Gasteiger partial charge in [-0.3, -0.25) is 0 Å². The molecule has 0 bridgehead atoms. The van der Waals surface area contributed by atoms with Crippen LogP contribution < -0.4 is 9.47 Å². The molecule has 0 aliphatic carbocycles. The summed E-state index contributed by atoms with van der Waals surface area (Å²) in [5.41, 5.74) is 9.46. The third kappa shape index (κ3) is 3.27. The normalized spacial score (nSPS) is 20.2. The Balaban J connectivity index is 1.76. The summed E-state index contributed by atoms with van der Waals surface area (Å²) in [6, 6.07) is 4.84. The zero-order valence-corrected chi connectivity index (χ0v) is 12.4. The zero-order valence-electron chi connectivity index (χ0n) is 12.4. The van der Waals surface area contributed by atoms with E-state index in [1.165, 1.54) is 0 Å². The fraction of sp³-hybridized carbons (Fsp3) is 0.600. The smallest absolute Gasteiger partial charge is 0.161 e. The largest absolute Gasteiger partial charge is 0.486 e. The van der Waals surface area contributed by atoms with Crippen LogP contribution in [0.2, 0.25) is 0 Å². The molecule has 1 N–H and O–H groups in total. The Morgan fingerprint density at radius 3 is 2.68 bits per heavy atom. The molecule has 0 saturated carbocycles. The lowest BCUT2D eigenvalue weighted by Gasteiger charge is -2.25. The maximum atomic E-state index is 10.6. The van der Waals surface area contributed by atoms with E-state index in [2.05, 4.69) is 14.9 Å². The van der Waals surface area contributed by atoms with Gasteiger partial charge in [0.05, 0.1) is 12.1 Å². The minimum absolute atomic E-state index is 0.500. The minimum Gasteiger partial charge on any atom is -0.486 e. The molecule has 22 heavy (non-hydrogen) atoms. The molecule has 0 amide bonds. The molecule has 2 heterocycles. The first-order valence-corrected chi connectivity index (χ1v) is 7.62. The number of benzene rings is 1. The summed E-state index contributed by atoms with van der Waals surface area (Å²) in [6.45, 7) is 3.58. The monoisotopic (exact) mass is 304 g/mol. The average Bonchev–Trinajstić information content (AvgIpc) is 3.06. The van der Waals surface area contributed by atoms with Crippen molar-refractivity contribution in [1.82, 2.24) is 4.90 Å². The van der Waals surface area contributed by atoms with Gasteiger partial charge in [0.2, 0.25) is 0 Å². The molecule has 0 unspecified atom stereocenters. The number of fused-ring (bicyclic) bond motifs is 1. The molecule has 3 rings (SSSR count). The second kappa shape index (κ2) is 6.87. The highest BCUT2D eigenvalue weighted by molar-refractivity contribution is 5.44. The molecule has 2 atom stereocenters.